The van der Waals surface area contributed by atoms with Gasteiger partial charge in [-0.05, 0) is 17.5 Å². The SMILES string of the molecule is CC(C)(C)C(O)CNC(=O)Nc1c(F)cccc1F. The normalized spacial score (nSPS) is 12.9. The average Bonchev–Trinajstić information content (AvgIpc) is 2.29. The summed E-state index contributed by atoms with van der Waals surface area (Å²) in [6.07, 6.45) is -0.760. The second kappa shape index (κ2) is 5.97. The zero-order valence-corrected chi connectivity index (χ0v) is 11.1. The fourth-order valence-electron chi connectivity index (χ4n) is 1.27. The number of benzene rings is 1. The summed E-state index contributed by atoms with van der Waals surface area (Å²) in [5.41, 5.74) is -0.901. The Balaban J connectivity index is 2.57. The predicted octanol–water partition coefficient (Wildman–Crippen LogP) is 2.49. The number of anilines is 1. The minimum absolute atomic E-state index is 0.00853. The Morgan fingerprint density at radius 2 is 1.84 bits per heavy atom. The van der Waals surface area contributed by atoms with Crippen molar-refractivity contribution in [2.24, 2.45) is 5.41 Å². The highest BCUT2D eigenvalue weighted by Gasteiger charge is 2.22. The predicted molar refractivity (Wildman–Crippen MR) is 68.8 cm³/mol. The van der Waals surface area contributed by atoms with Gasteiger partial charge in [-0.1, -0.05) is 26.8 Å². The molecule has 1 aromatic rings. The number of aliphatic hydroxyl groups is 1. The van der Waals surface area contributed by atoms with Crippen molar-refractivity contribution in [1.29, 1.82) is 0 Å². The minimum Gasteiger partial charge on any atom is -0.391 e. The van der Waals surface area contributed by atoms with Crippen LogP contribution in [0.4, 0.5) is 19.3 Å². The summed E-state index contributed by atoms with van der Waals surface area (Å²) in [4.78, 5) is 11.5. The van der Waals surface area contributed by atoms with Crippen LogP contribution in [0.5, 0.6) is 0 Å². The molecular formula is C13H18F2N2O2. The van der Waals surface area contributed by atoms with Gasteiger partial charge in [0.25, 0.3) is 0 Å². The van der Waals surface area contributed by atoms with Gasteiger partial charge in [-0.2, -0.15) is 0 Å². The molecule has 4 nitrogen and oxygen atoms in total. The van der Waals surface area contributed by atoms with Crippen molar-refractivity contribution in [2.75, 3.05) is 11.9 Å². The number of rotatable bonds is 3. The highest BCUT2D eigenvalue weighted by molar-refractivity contribution is 5.89. The molecule has 0 spiro atoms. The molecule has 3 N–H and O–H groups in total. The van der Waals surface area contributed by atoms with Crippen LogP contribution in [-0.2, 0) is 0 Å². The number of para-hydroxylation sites is 1. The molecule has 1 rings (SSSR count). The number of hydrogen-bond donors (Lipinski definition) is 3. The van der Waals surface area contributed by atoms with E-state index in [9.17, 15) is 18.7 Å². The highest BCUT2D eigenvalue weighted by atomic mass is 19.1. The number of nitrogens with one attached hydrogen (secondary N) is 2. The molecule has 1 unspecified atom stereocenters. The summed E-state index contributed by atoms with van der Waals surface area (Å²) in [7, 11) is 0. The molecule has 0 aliphatic carbocycles. The fraction of sp³-hybridized carbons (Fsp3) is 0.462. The molecule has 0 radical (unpaired) electrons. The van der Waals surface area contributed by atoms with E-state index < -0.39 is 34.9 Å². The van der Waals surface area contributed by atoms with Gasteiger partial charge in [0.15, 0.2) is 0 Å². The third kappa shape index (κ3) is 4.48. The Hall–Kier alpha value is -1.69. The molecule has 0 fully saturated rings. The number of carbonyl (C=O) groups is 1. The van der Waals surface area contributed by atoms with E-state index in [0.717, 1.165) is 12.1 Å². The molecular weight excluding hydrogens is 254 g/mol. The van der Waals surface area contributed by atoms with Crippen molar-refractivity contribution in [1.82, 2.24) is 5.32 Å². The molecule has 0 saturated heterocycles. The minimum atomic E-state index is -0.855. The number of urea groups is 1. The Labute approximate surface area is 110 Å². The van der Waals surface area contributed by atoms with Crippen LogP contribution >= 0.6 is 0 Å². The van der Waals surface area contributed by atoms with Crippen LogP contribution in [0.3, 0.4) is 0 Å². The van der Waals surface area contributed by atoms with Gasteiger partial charge >= 0.3 is 6.03 Å². The van der Waals surface area contributed by atoms with E-state index in [1.54, 1.807) is 0 Å². The second-order valence-electron chi connectivity index (χ2n) is 5.31. The first-order chi connectivity index (χ1) is 8.71. The smallest absolute Gasteiger partial charge is 0.319 e. The van der Waals surface area contributed by atoms with Crippen LogP contribution in [0.15, 0.2) is 18.2 Å². The third-order valence-electron chi connectivity index (χ3n) is 2.66. The Bertz CT molecular complexity index is 438. The molecule has 0 aliphatic heterocycles. The van der Waals surface area contributed by atoms with Crippen molar-refractivity contribution < 1.29 is 18.7 Å². The molecule has 1 aromatic carbocycles. The first-order valence-corrected chi connectivity index (χ1v) is 5.88. The summed E-state index contributed by atoms with van der Waals surface area (Å²) in [6, 6.07) is 2.52. The van der Waals surface area contributed by atoms with Crippen molar-refractivity contribution in [3.8, 4) is 0 Å². The van der Waals surface area contributed by atoms with E-state index in [1.165, 1.54) is 6.07 Å². The lowest BCUT2D eigenvalue weighted by Crippen LogP contribution is -2.41. The fourth-order valence-corrected chi connectivity index (χ4v) is 1.27. The molecule has 6 heteroatoms. The summed E-state index contributed by atoms with van der Waals surface area (Å²) < 4.78 is 26.5. The maximum absolute atomic E-state index is 13.3. The number of hydrogen-bond acceptors (Lipinski definition) is 2. The summed E-state index contributed by atoms with van der Waals surface area (Å²) in [5.74, 6) is -1.71. The van der Waals surface area contributed by atoms with Crippen LogP contribution in [0.2, 0.25) is 0 Å². The molecule has 2 amide bonds. The Morgan fingerprint density at radius 1 is 1.32 bits per heavy atom. The molecule has 1 atom stereocenters. The van der Waals surface area contributed by atoms with Gasteiger partial charge in [0, 0.05) is 6.54 Å². The van der Waals surface area contributed by atoms with Gasteiger partial charge in [-0.3, -0.25) is 0 Å². The van der Waals surface area contributed by atoms with E-state index in [4.69, 9.17) is 0 Å². The van der Waals surface area contributed by atoms with Gasteiger partial charge in [0.05, 0.1) is 6.10 Å². The van der Waals surface area contributed by atoms with Gasteiger partial charge in [0.1, 0.15) is 17.3 Å². The largest absolute Gasteiger partial charge is 0.391 e. The van der Waals surface area contributed by atoms with Gasteiger partial charge in [-0.25, -0.2) is 13.6 Å². The number of aliphatic hydroxyl groups excluding tert-OH is 1. The lowest BCUT2D eigenvalue weighted by atomic mass is 9.89. The average molecular weight is 272 g/mol. The van der Waals surface area contributed by atoms with Crippen molar-refractivity contribution >= 4 is 11.7 Å². The van der Waals surface area contributed by atoms with Crippen LogP contribution < -0.4 is 10.6 Å². The van der Waals surface area contributed by atoms with E-state index in [2.05, 4.69) is 10.6 Å². The van der Waals surface area contributed by atoms with E-state index in [-0.39, 0.29) is 6.54 Å². The van der Waals surface area contributed by atoms with E-state index >= 15 is 0 Å². The molecule has 0 heterocycles. The quantitative estimate of drug-likeness (QED) is 0.791. The zero-order chi connectivity index (χ0) is 14.6. The molecule has 19 heavy (non-hydrogen) atoms. The highest BCUT2D eigenvalue weighted by Crippen LogP contribution is 2.19. The zero-order valence-electron chi connectivity index (χ0n) is 11.1. The topological polar surface area (TPSA) is 61.4 Å². The number of amides is 2. The number of halogens is 2. The van der Waals surface area contributed by atoms with Crippen molar-refractivity contribution in [3.63, 3.8) is 0 Å². The van der Waals surface area contributed by atoms with Gasteiger partial charge in [-0.15, -0.1) is 0 Å². The standard InChI is InChI=1S/C13H18F2N2O2/c1-13(2,3)10(18)7-16-12(19)17-11-8(14)5-4-6-9(11)15/h4-6,10,18H,7H2,1-3H3,(H2,16,17,19). The molecule has 106 valence electrons. The van der Waals surface area contributed by atoms with Crippen molar-refractivity contribution in [2.45, 2.75) is 26.9 Å². The first kappa shape index (κ1) is 15.4. The second-order valence-corrected chi connectivity index (χ2v) is 5.31. The summed E-state index contributed by atoms with van der Waals surface area (Å²) in [5, 5.41) is 14.2. The molecule has 0 aliphatic rings. The lowest BCUT2D eigenvalue weighted by molar-refractivity contribution is 0.0654. The Kier molecular flexibility index (Phi) is 4.83. The van der Waals surface area contributed by atoms with Crippen molar-refractivity contribution in [3.05, 3.63) is 29.8 Å². The first-order valence-electron chi connectivity index (χ1n) is 5.88. The Morgan fingerprint density at radius 3 is 2.32 bits per heavy atom. The maximum atomic E-state index is 13.3. The van der Waals surface area contributed by atoms with Crippen LogP contribution in [0, 0.1) is 17.0 Å². The molecule has 0 bridgehead atoms. The molecule has 0 aromatic heterocycles. The third-order valence-corrected chi connectivity index (χ3v) is 2.66. The maximum Gasteiger partial charge on any atom is 0.319 e. The summed E-state index contributed by atoms with van der Waals surface area (Å²) in [6.45, 7) is 5.43. The summed E-state index contributed by atoms with van der Waals surface area (Å²) >= 11 is 0. The van der Waals surface area contributed by atoms with Crippen LogP contribution in [0.1, 0.15) is 20.8 Å². The lowest BCUT2D eigenvalue weighted by Gasteiger charge is -2.25. The monoisotopic (exact) mass is 272 g/mol. The number of carbonyl (C=O) groups excluding carboxylic acids is 1. The van der Waals surface area contributed by atoms with Crippen LogP contribution in [0.25, 0.3) is 0 Å². The van der Waals surface area contributed by atoms with E-state index in [0.29, 0.717) is 0 Å². The molecule has 0 saturated carbocycles. The van der Waals surface area contributed by atoms with Gasteiger partial charge < -0.3 is 15.7 Å². The van der Waals surface area contributed by atoms with E-state index in [1.807, 2.05) is 20.8 Å². The van der Waals surface area contributed by atoms with Crippen LogP contribution in [-0.4, -0.2) is 23.8 Å². The van der Waals surface area contributed by atoms with Gasteiger partial charge in [0.2, 0.25) is 0 Å².